The van der Waals surface area contributed by atoms with Gasteiger partial charge >= 0.3 is 0 Å². The SMILES string of the molecule is Cc1cccc(CS(=O)(=O)N[C@@H]2CCOC[C@H]2O)c1. The molecule has 1 aliphatic heterocycles. The van der Waals surface area contributed by atoms with Crippen molar-refractivity contribution in [2.75, 3.05) is 13.2 Å². The molecule has 0 bridgehead atoms. The van der Waals surface area contributed by atoms with Crippen LogP contribution in [-0.4, -0.2) is 38.9 Å². The van der Waals surface area contributed by atoms with E-state index in [-0.39, 0.29) is 12.4 Å². The average Bonchev–Trinajstić information content (AvgIpc) is 2.31. The van der Waals surface area contributed by atoms with Gasteiger partial charge < -0.3 is 9.84 Å². The first-order chi connectivity index (χ1) is 8.96. The molecular formula is C13H19NO4S. The summed E-state index contributed by atoms with van der Waals surface area (Å²) in [6.07, 6.45) is -0.283. The van der Waals surface area contributed by atoms with Crippen LogP contribution in [0.5, 0.6) is 0 Å². The van der Waals surface area contributed by atoms with Gasteiger partial charge in [-0.25, -0.2) is 13.1 Å². The molecule has 19 heavy (non-hydrogen) atoms. The van der Waals surface area contributed by atoms with Crippen molar-refractivity contribution in [3.63, 3.8) is 0 Å². The zero-order chi connectivity index (χ0) is 13.9. The third-order valence-electron chi connectivity index (χ3n) is 3.10. The van der Waals surface area contributed by atoms with E-state index >= 15 is 0 Å². The minimum absolute atomic E-state index is 0.0707. The van der Waals surface area contributed by atoms with E-state index in [1.807, 2.05) is 25.1 Å². The number of aliphatic hydroxyl groups is 1. The normalized spacial score (nSPS) is 24.3. The summed E-state index contributed by atoms with van der Waals surface area (Å²) in [5, 5.41) is 9.69. The Morgan fingerprint density at radius 2 is 2.26 bits per heavy atom. The van der Waals surface area contributed by atoms with E-state index in [0.29, 0.717) is 13.0 Å². The van der Waals surface area contributed by atoms with Gasteiger partial charge in [-0.3, -0.25) is 0 Å². The molecule has 106 valence electrons. The summed E-state index contributed by atoms with van der Waals surface area (Å²) in [5.41, 5.74) is 1.77. The Hall–Kier alpha value is -0.950. The predicted molar refractivity (Wildman–Crippen MR) is 72.2 cm³/mol. The van der Waals surface area contributed by atoms with E-state index < -0.39 is 22.2 Å². The van der Waals surface area contributed by atoms with Crippen molar-refractivity contribution < 1.29 is 18.3 Å². The molecule has 0 unspecified atom stereocenters. The van der Waals surface area contributed by atoms with Crippen LogP contribution in [-0.2, 0) is 20.5 Å². The highest BCUT2D eigenvalue weighted by Gasteiger charge is 2.27. The molecule has 0 amide bonds. The van der Waals surface area contributed by atoms with E-state index in [1.165, 1.54) is 0 Å². The van der Waals surface area contributed by atoms with Gasteiger partial charge in [-0.2, -0.15) is 0 Å². The number of hydrogen-bond acceptors (Lipinski definition) is 4. The van der Waals surface area contributed by atoms with Gasteiger partial charge in [-0.05, 0) is 18.9 Å². The number of hydrogen-bond donors (Lipinski definition) is 2. The lowest BCUT2D eigenvalue weighted by Crippen LogP contribution is -2.48. The van der Waals surface area contributed by atoms with Crippen molar-refractivity contribution >= 4 is 10.0 Å². The molecule has 1 aliphatic rings. The second-order valence-corrected chi connectivity index (χ2v) is 6.66. The lowest BCUT2D eigenvalue weighted by molar-refractivity contribution is -0.0222. The van der Waals surface area contributed by atoms with Gasteiger partial charge in [0.05, 0.1) is 24.5 Å². The van der Waals surface area contributed by atoms with Crippen LogP contribution in [0.25, 0.3) is 0 Å². The minimum atomic E-state index is -3.45. The Labute approximate surface area is 113 Å². The summed E-state index contributed by atoms with van der Waals surface area (Å²) in [5.74, 6) is -0.0707. The maximum Gasteiger partial charge on any atom is 0.216 e. The fourth-order valence-corrected chi connectivity index (χ4v) is 3.59. The summed E-state index contributed by atoms with van der Waals surface area (Å²) in [7, 11) is -3.45. The standard InChI is InChI=1S/C13H19NO4S/c1-10-3-2-4-11(7-10)9-19(16,17)14-12-5-6-18-8-13(12)15/h2-4,7,12-15H,5-6,8-9H2,1H3/t12-,13-/m1/s1. The topological polar surface area (TPSA) is 75.6 Å². The molecule has 1 aromatic carbocycles. The monoisotopic (exact) mass is 285 g/mol. The quantitative estimate of drug-likeness (QED) is 0.848. The van der Waals surface area contributed by atoms with Crippen LogP contribution < -0.4 is 4.72 Å². The highest BCUT2D eigenvalue weighted by Crippen LogP contribution is 2.12. The predicted octanol–water partition coefficient (Wildman–Crippen LogP) is 0.564. The molecule has 2 N–H and O–H groups in total. The van der Waals surface area contributed by atoms with Crippen molar-refractivity contribution in [3.05, 3.63) is 35.4 Å². The van der Waals surface area contributed by atoms with Gasteiger partial charge in [0.15, 0.2) is 0 Å². The third-order valence-corrected chi connectivity index (χ3v) is 4.47. The van der Waals surface area contributed by atoms with Crippen LogP contribution in [0.3, 0.4) is 0 Å². The zero-order valence-electron chi connectivity index (χ0n) is 10.9. The zero-order valence-corrected chi connectivity index (χ0v) is 11.7. The number of ether oxygens (including phenoxy) is 1. The van der Waals surface area contributed by atoms with Gasteiger partial charge in [-0.15, -0.1) is 0 Å². The summed E-state index contributed by atoms with van der Waals surface area (Å²) < 4.78 is 31.8. The third kappa shape index (κ3) is 4.28. The lowest BCUT2D eigenvalue weighted by atomic mass is 10.1. The minimum Gasteiger partial charge on any atom is -0.389 e. The first kappa shape index (κ1) is 14.5. The highest BCUT2D eigenvalue weighted by molar-refractivity contribution is 7.88. The summed E-state index contributed by atoms with van der Waals surface area (Å²) >= 11 is 0. The largest absolute Gasteiger partial charge is 0.389 e. The van der Waals surface area contributed by atoms with Crippen LogP contribution in [0.2, 0.25) is 0 Å². The van der Waals surface area contributed by atoms with Crippen LogP contribution in [0.15, 0.2) is 24.3 Å². The molecule has 1 saturated heterocycles. The average molecular weight is 285 g/mol. The van der Waals surface area contributed by atoms with Crippen molar-refractivity contribution in [1.82, 2.24) is 4.72 Å². The van der Waals surface area contributed by atoms with E-state index in [2.05, 4.69) is 4.72 Å². The van der Waals surface area contributed by atoms with Gasteiger partial charge in [0.25, 0.3) is 0 Å². The van der Waals surface area contributed by atoms with Gasteiger partial charge in [0.1, 0.15) is 0 Å². The molecule has 2 atom stereocenters. The Morgan fingerprint density at radius 1 is 1.47 bits per heavy atom. The van der Waals surface area contributed by atoms with Crippen molar-refractivity contribution in [1.29, 1.82) is 0 Å². The van der Waals surface area contributed by atoms with E-state index in [4.69, 9.17) is 4.74 Å². The Kier molecular flexibility index (Phi) is 4.57. The fraction of sp³-hybridized carbons (Fsp3) is 0.538. The maximum atomic E-state index is 12.1. The van der Waals surface area contributed by atoms with E-state index in [1.54, 1.807) is 6.07 Å². The first-order valence-corrected chi connectivity index (χ1v) is 7.93. The van der Waals surface area contributed by atoms with Crippen LogP contribution in [0, 0.1) is 6.92 Å². The molecular weight excluding hydrogens is 266 g/mol. The van der Waals surface area contributed by atoms with Gasteiger partial charge in [-0.1, -0.05) is 29.8 Å². The van der Waals surface area contributed by atoms with Crippen molar-refractivity contribution in [3.8, 4) is 0 Å². The lowest BCUT2D eigenvalue weighted by Gasteiger charge is -2.28. The summed E-state index contributed by atoms with van der Waals surface area (Å²) in [4.78, 5) is 0. The first-order valence-electron chi connectivity index (χ1n) is 6.28. The van der Waals surface area contributed by atoms with Crippen LogP contribution in [0.4, 0.5) is 0 Å². The van der Waals surface area contributed by atoms with E-state index in [0.717, 1.165) is 11.1 Å². The van der Waals surface area contributed by atoms with E-state index in [9.17, 15) is 13.5 Å². The summed E-state index contributed by atoms with van der Waals surface area (Å²) in [6, 6.07) is 6.94. The molecule has 0 spiro atoms. The number of sulfonamides is 1. The molecule has 0 saturated carbocycles. The van der Waals surface area contributed by atoms with Crippen molar-refractivity contribution in [2.24, 2.45) is 0 Å². The number of aryl methyl sites for hydroxylation is 1. The Balaban J connectivity index is 2.02. The second-order valence-electron chi connectivity index (χ2n) is 4.90. The highest BCUT2D eigenvalue weighted by atomic mass is 32.2. The Bertz CT molecular complexity index is 529. The summed E-state index contributed by atoms with van der Waals surface area (Å²) in [6.45, 7) is 2.57. The van der Waals surface area contributed by atoms with Crippen LogP contribution >= 0.6 is 0 Å². The van der Waals surface area contributed by atoms with Crippen molar-refractivity contribution in [2.45, 2.75) is 31.2 Å². The number of rotatable bonds is 4. The molecule has 6 heteroatoms. The maximum absolute atomic E-state index is 12.1. The smallest absolute Gasteiger partial charge is 0.216 e. The number of aliphatic hydroxyl groups excluding tert-OH is 1. The molecule has 1 heterocycles. The molecule has 2 rings (SSSR count). The van der Waals surface area contributed by atoms with Crippen LogP contribution in [0.1, 0.15) is 17.5 Å². The molecule has 1 fully saturated rings. The molecule has 1 aromatic rings. The number of benzene rings is 1. The fourth-order valence-electron chi connectivity index (χ4n) is 2.15. The molecule has 0 aromatic heterocycles. The molecule has 5 nitrogen and oxygen atoms in total. The molecule has 0 aliphatic carbocycles. The second kappa shape index (κ2) is 6.00. The van der Waals surface area contributed by atoms with Gasteiger partial charge in [0, 0.05) is 6.61 Å². The Morgan fingerprint density at radius 3 is 2.95 bits per heavy atom. The molecule has 0 radical (unpaired) electrons. The van der Waals surface area contributed by atoms with Gasteiger partial charge in [0.2, 0.25) is 10.0 Å². The number of nitrogens with one attached hydrogen (secondary N) is 1.